The van der Waals surface area contributed by atoms with Crippen molar-refractivity contribution in [1.29, 1.82) is 0 Å². The van der Waals surface area contributed by atoms with E-state index in [0.717, 1.165) is 11.3 Å². The zero-order chi connectivity index (χ0) is 14.8. The van der Waals surface area contributed by atoms with Gasteiger partial charge in [-0.05, 0) is 24.8 Å². The van der Waals surface area contributed by atoms with Crippen LogP contribution in [-0.4, -0.2) is 16.5 Å². The molecule has 0 aliphatic rings. The van der Waals surface area contributed by atoms with Crippen LogP contribution in [0, 0.1) is 6.92 Å². The number of aryl methyl sites for hydroxylation is 1. The monoisotopic (exact) mass is 301 g/mol. The van der Waals surface area contributed by atoms with E-state index in [1.165, 1.54) is 11.3 Å². The third-order valence-corrected chi connectivity index (χ3v) is 3.52. The van der Waals surface area contributed by atoms with E-state index < -0.39 is 12.0 Å². The molecule has 2 aromatic rings. The lowest BCUT2D eigenvalue weighted by Gasteiger charge is -2.11. The predicted octanol–water partition coefficient (Wildman–Crippen LogP) is 4.35. The minimum Gasteiger partial charge on any atom is -0.370 e. The van der Waals surface area contributed by atoms with E-state index in [4.69, 9.17) is 0 Å². The molecular formula is C13H14F3N3S. The first-order chi connectivity index (χ1) is 9.41. The standard InChI is InChI=1S/C13H14F3N3S/c1-3-5-17-11-7-10(9-4-6-20-8(9)2)18-12(19-11)13(14,15)16/h4,6-7H,3,5H2,1-2H3,(H,17,18,19). The van der Waals surface area contributed by atoms with Crippen LogP contribution in [-0.2, 0) is 6.18 Å². The highest BCUT2D eigenvalue weighted by atomic mass is 32.1. The summed E-state index contributed by atoms with van der Waals surface area (Å²) in [4.78, 5) is 8.11. The predicted molar refractivity (Wildman–Crippen MR) is 73.9 cm³/mol. The molecule has 0 saturated heterocycles. The highest BCUT2D eigenvalue weighted by Gasteiger charge is 2.35. The third kappa shape index (κ3) is 3.27. The molecule has 0 aliphatic carbocycles. The Morgan fingerprint density at radius 1 is 1.30 bits per heavy atom. The zero-order valence-corrected chi connectivity index (χ0v) is 11.9. The minimum atomic E-state index is -4.55. The molecule has 0 fully saturated rings. The van der Waals surface area contributed by atoms with Crippen LogP contribution in [0.2, 0.25) is 0 Å². The molecule has 0 bridgehead atoms. The van der Waals surface area contributed by atoms with Crippen molar-refractivity contribution in [3.63, 3.8) is 0 Å². The molecule has 0 atom stereocenters. The van der Waals surface area contributed by atoms with Gasteiger partial charge in [-0.15, -0.1) is 11.3 Å². The van der Waals surface area contributed by atoms with Gasteiger partial charge in [-0.3, -0.25) is 0 Å². The highest BCUT2D eigenvalue weighted by Crippen LogP contribution is 2.32. The molecule has 7 heteroatoms. The molecule has 2 rings (SSSR count). The summed E-state index contributed by atoms with van der Waals surface area (Å²) in [6.07, 6.45) is -3.75. The fourth-order valence-electron chi connectivity index (χ4n) is 1.71. The van der Waals surface area contributed by atoms with Crippen LogP contribution in [0.1, 0.15) is 24.0 Å². The lowest BCUT2D eigenvalue weighted by Crippen LogP contribution is -2.14. The van der Waals surface area contributed by atoms with E-state index in [2.05, 4.69) is 15.3 Å². The van der Waals surface area contributed by atoms with Crippen LogP contribution in [0.3, 0.4) is 0 Å². The van der Waals surface area contributed by atoms with E-state index in [9.17, 15) is 13.2 Å². The van der Waals surface area contributed by atoms with Gasteiger partial charge in [-0.2, -0.15) is 13.2 Å². The Morgan fingerprint density at radius 2 is 2.05 bits per heavy atom. The van der Waals surface area contributed by atoms with Gasteiger partial charge in [0.1, 0.15) is 5.82 Å². The third-order valence-electron chi connectivity index (χ3n) is 2.67. The van der Waals surface area contributed by atoms with Crippen molar-refractivity contribution in [2.45, 2.75) is 26.4 Å². The van der Waals surface area contributed by atoms with Gasteiger partial charge < -0.3 is 5.32 Å². The van der Waals surface area contributed by atoms with Crippen LogP contribution < -0.4 is 5.32 Å². The summed E-state index contributed by atoms with van der Waals surface area (Å²) in [5, 5.41) is 4.71. The van der Waals surface area contributed by atoms with E-state index in [-0.39, 0.29) is 5.82 Å². The van der Waals surface area contributed by atoms with Crippen molar-refractivity contribution < 1.29 is 13.2 Å². The van der Waals surface area contributed by atoms with Crippen molar-refractivity contribution in [1.82, 2.24) is 9.97 Å². The molecule has 0 aromatic carbocycles. The number of nitrogens with zero attached hydrogens (tertiary/aromatic N) is 2. The largest absolute Gasteiger partial charge is 0.451 e. The summed E-state index contributed by atoms with van der Waals surface area (Å²) < 4.78 is 38.6. The Kier molecular flexibility index (Phi) is 4.27. The second-order valence-electron chi connectivity index (χ2n) is 4.28. The number of rotatable bonds is 4. The normalized spacial score (nSPS) is 11.7. The number of hydrogen-bond acceptors (Lipinski definition) is 4. The number of nitrogens with one attached hydrogen (secondary N) is 1. The van der Waals surface area contributed by atoms with Gasteiger partial charge in [-0.25, -0.2) is 9.97 Å². The molecule has 0 spiro atoms. The van der Waals surface area contributed by atoms with Crippen molar-refractivity contribution >= 4 is 17.2 Å². The summed E-state index contributed by atoms with van der Waals surface area (Å²) in [6.45, 7) is 4.35. The van der Waals surface area contributed by atoms with E-state index in [1.54, 1.807) is 12.1 Å². The Balaban J connectivity index is 2.48. The quantitative estimate of drug-likeness (QED) is 0.912. The van der Waals surface area contributed by atoms with Gasteiger partial charge >= 0.3 is 6.18 Å². The fourth-order valence-corrected chi connectivity index (χ4v) is 2.41. The SMILES string of the molecule is CCCNc1cc(-c2ccsc2C)nc(C(F)(F)F)n1. The summed E-state index contributed by atoms with van der Waals surface area (Å²) >= 11 is 1.47. The maximum Gasteiger partial charge on any atom is 0.451 e. The highest BCUT2D eigenvalue weighted by molar-refractivity contribution is 7.10. The molecule has 1 N–H and O–H groups in total. The van der Waals surface area contributed by atoms with Crippen LogP contribution in [0.15, 0.2) is 17.5 Å². The molecule has 0 amide bonds. The van der Waals surface area contributed by atoms with Crippen molar-refractivity contribution in [2.24, 2.45) is 0 Å². The lowest BCUT2D eigenvalue weighted by molar-refractivity contribution is -0.144. The van der Waals surface area contributed by atoms with Crippen molar-refractivity contribution in [2.75, 3.05) is 11.9 Å². The maximum atomic E-state index is 12.9. The second kappa shape index (κ2) is 5.78. The smallest absolute Gasteiger partial charge is 0.370 e. The molecule has 20 heavy (non-hydrogen) atoms. The molecular weight excluding hydrogens is 287 g/mol. The van der Waals surface area contributed by atoms with Gasteiger partial charge in [0.2, 0.25) is 5.82 Å². The first kappa shape index (κ1) is 14.8. The van der Waals surface area contributed by atoms with Crippen LogP contribution in [0.25, 0.3) is 11.3 Å². The molecule has 108 valence electrons. The van der Waals surface area contributed by atoms with Crippen LogP contribution >= 0.6 is 11.3 Å². The molecule has 0 unspecified atom stereocenters. The topological polar surface area (TPSA) is 37.8 Å². The van der Waals surface area contributed by atoms with Crippen molar-refractivity contribution in [3.05, 3.63) is 28.2 Å². The number of alkyl halides is 3. The molecule has 3 nitrogen and oxygen atoms in total. The lowest BCUT2D eigenvalue weighted by atomic mass is 10.2. The summed E-state index contributed by atoms with van der Waals surface area (Å²) in [7, 11) is 0. The average Bonchev–Trinajstić information content (AvgIpc) is 2.81. The summed E-state index contributed by atoms with van der Waals surface area (Å²) in [6, 6.07) is 3.33. The van der Waals surface area contributed by atoms with Crippen LogP contribution in [0.4, 0.5) is 19.0 Å². The number of halogens is 3. The van der Waals surface area contributed by atoms with Crippen molar-refractivity contribution in [3.8, 4) is 11.3 Å². The van der Waals surface area contributed by atoms with Gasteiger partial charge in [0.15, 0.2) is 0 Å². The Hall–Kier alpha value is -1.63. The Bertz CT molecular complexity index is 593. The number of aromatic nitrogens is 2. The Morgan fingerprint density at radius 3 is 2.60 bits per heavy atom. The zero-order valence-electron chi connectivity index (χ0n) is 11.1. The summed E-state index contributed by atoms with van der Waals surface area (Å²) in [5.41, 5.74) is 1.01. The molecule has 0 saturated carbocycles. The first-order valence-electron chi connectivity index (χ1n) is 6.16. The average molecular weight is 301 g/mol. The Labute approximate surface area is 118 Å². The van der Waals surface area contributed by atoms with E-state index in [0.29, 0.717) is 17.8 Å². The van der Waals surface area contributed by atoms with Gasteiger partial charge in [0, 0.05) is 23.1 Å². The van der Waals surface area contributed by atoms with E-state index >= 15 is 0 Å². The maximum absolute atomic E-state index is 12.9. The number of anilines is 1. The summed E-state index contributed by atoms with van der Waals surface area (Å²) in [5.74, 6) is -0.908. The first-order valence-corrected chi connectivity index (χ1v) is 7.04. The second-order valence-corrected chi connectivity index (χ2v) is 5.40. The van der Waals surface area contributed by atoms with E-state index in [1.807, 2.05) is 19.2 Å². The minimum absolute atomic E-state index is 0.203. The van der Waals surface area contributed by atoms with Gasteiger partial charge in [-0.1, -0.05) is 6.92 Å². The molecule has 0 radical (unpaired) electrons. The van der Waals surface area contributed by atoms with Crippen LogP contribution in [0.5, 0.6) is 0 Å². The number of thiophene rings is 1. The van der Waals surface area contributed by atoms with Gasteiger partial charge in [0.25, 0.3) is 0 Å². The fraction of sp³-hybridized carbons (Fsp3) is 0.385. The molecule has 2 aromatic heterocycles. The number of hydrogen-bond donors (Lipinski definition) is 1. The van der Waals surface area contributed by atoms with Gasteiger partial charge in [0.05, 0.1) is 5.69 Å². The molecule has 0 aliphatic heterocycles. The molecule has 2 heterocycles.